The Morgan fingerprint density at radius 1 is 1.24 bits per heavy atom. The Bertz CT molecular complexity index is 1440. The lowest BCUT2D eigenvalue weighted by molar-refractivity contribution is -0.143. The van der Waals surface area contributed by atoms with Crippen LogP contribution in [0.1, 0.15) is 36.8 Å². The van der Waals surface area contributed by atoms with Crippen LogP contribution in [-0.2, 0) is 22.2 Å². The second kappa shape index (κ2) is 15.2. The highest BCUT2D eigenvalue weighted by molar-refractivity contribution is 8.17. The normalized spacial score (nSPS) is 19.3. The highest BCUT2D eigenvalue weighted by Gasteiger charge is 2.38. The fraction of sp³-hybridized carbons (Fsp3) is 0.500. The Hall–Kier alpha value is -3.79. The summed E-state index contributed by atoms with van der Waals surface area (Å²) in [6.45, 7) is 4.84. The molecule has 1 aromatic rings. The van der Waals surface area contributed by atoms with Crippen LogP contribution in [0, 0.1) is 5.92 Å². The van der Waals surface area contributed by atoms with Gasteiger partial charge in [-0.3, -0.25) is 29.8 Å². The van der Waals surface area contributed by atoms with Gasteiger partial charge in [0.1, 0.15) is 17.3 Å². The fourth-order valence-corrected chi connectivity index (χ4v) is 6.02. The highest BCUT2D eigenvalue weighted by atomic mass is 32.2. The van der Waals surface area contributed by atoms with Crippen molar-refractivity contribution >= 4 is 40.9 Å². The number of methoxy groups -OCH3 is 1. The topological polar surface area (TPSA) is 119 Å². The summed E-state index contributed by atoms with van der Waals surface area (Å²) in [5.74, 6) is -4.33. The first kappa shape index (κ1) is 35.1. The van der Waals surface area contributed by atoms with Gasteiger partial charge in [-0.1, -0.05) is 24.4 Å². The van der Waals surface area contributed by atoms with Crippen LogP contribution in [0.15, 0.2) is 56.6 Å². The van der Waals surface area contributed by atoms with Crippen molar-refractivity contribution in [2.24, 2.45) is 20.9 Å². The van der Waals surface area contributed by atoms with E-state index in [1.165, 1.54) is 24.5 Å². The molecular formula is C30H35F5N6O4S. The summed E-state index contributed by atoms with van der Waals surface area (Å²) in [5.41, 5.74) is -0.603. The number of carbonyl (C=O) groups is 2. The van der Waals surface area contributed by atoms with Gasteiger partial charge in [0.2, 0.25) is 0 Å². The SMILES string of the molecule is C=C(CN1CCC(F)(F)C1)S/C(=N\CCc1ccc(OC)c(C(F)(F)F)c1)NC(=O)C1=CN=C(N2CCC(C(=O)O)CC2)CC=N1. The van der Waals surface area contributed by atoms with Gasteiger partial charge >= 0.3 is 12.1 Å². The van der Waals surface area contributed by atoms with Gasteiger partial charge in [-0.05, 0) is 41.9 Å². The standard InChI is InChI=1S/C30H35F5N6O4S/c1-19(17-40-14-9-29(31,32)18-40)46-28(37-10-5-20-3-4-24(45-2)22(15-20)30(33,34)35)39-26(42)23-16-38-25(6-11-36-23)41-12-7-21(8-13-41)27(43)44/h3-4,11,15-16,21H,1,5-10,12-14,17-18H2,2H3,(H,43,44)(H,37,39,42). The molecule has 3 aliphatic heterocycles. The Morgan fingerprint density at radius 3 is 2.61 bits per heavy atom. The number of halogens is 5. The lowest BCUT2D eigenvalue weighted by Gasteiger charge is -2.32. The number of likely N-dealkylation sites (tertiary alicyclic amines) is 2. The number of nitrogens with one attached hydrogen (secondary N) is 1. The lowest BCUT2D eigenvalue weighted by atomic mass is 9.97. The van der Waals surface area contributed by atoms with E-state index < -0.39 is 42.0 Å². The van der Waals surface area contributed by atoms with E-state index in [9.17, 15) is 36.6 Å². The van der Waals surface area contributed by atoms with Crippen LogP contribution in [0.3, 0.4) is 0 Å². The number of benzene rings is 1. The predicted molar refractivity (Wildman–Crippen MR) is 165 cm³/mol. The molecule has 2 fully saturated rings. The Labute approximate surface area is 267 Å². The van der Waals surface area contributed by atoms with Crippen molar-refractivity contribution in [3.63, 3.8) is 0 Å². The van der Waals surface area contributed by atoms with Crippen molar-refractivity contribution in [3.05, 3.63) is 52.7 Å². The second-order valence-corrected chi connectivity index (χ2v) is 12.2. The minimum absolute atomic E-state index is 0.00177. The van der Waals surface area contributed by atoms with Gasteiger partial charge < -0.3 is 14.7 Å². The number of rotatable bonds is 9. The summed E-state index contributed by atoms with van der Waals surface area (Å²) in [7, 11) is 1.15. The first-order valence-corrected chi connectivity index (χ1v) is 15.4. The zero-order valence-corrected chi connectivity index (χ0v) is 26.0. The highest BCUT2D eigenvalue weighted by Crippen LogP contribution is 2.37. The molecule has 0 radical (unpaired) electrons. The zero-order valence-electron chi connectivity index (χ0n) is 25.2. The van der Waals surface area contributed by atoms with Crippen LogP contribution < -0.4 is 10.1 Å². The van der Waals surface area contributed by atoms with Gasteiger partial charge in [-0.25, -0.2) is 13.8 Å². The van der Waals surface area contributed by atoms with E-state index in [0.717, 1.165) is 24.9 Å². The monoisotopic (exact) mass is 670 g/mol. The molecule has 2 saturated heterocycles. The number of hydrogen-bond donors (Lipinski definition) is 2. The number of carbonyl (C=O) groups excluding carboxylic acids is 1. The summed E-state index contributed by atoms with van der Waals surface area (Å²) in [4.78, 5) is 41.5. The molecule has 10 nitrogen and oxygen atoms in total. The number of amides is 1. The number of carboxylic acid groups (broad SMARTS) is 1. The van der Waals surface area contributed by atoms with Crippen molar-refractivity contribution in [3.8, 4) is 5.75 Å². The molecule has 3 aliphatic rings. The smallest absolute Gasteiger partial charge is 0.419 e. The van der Waals surface area contributed by atoms with Gasteiger partial charge in [0.25, 0.3) is 11.8 Å². The number of alkyl halides is 5. The molecular weight excluding hydrogens is 635 g/mol. The molecule has 0 atom stereocenters. The second-order valence-electron chi connectivity index (χ2n) is 11.1. The van der Waals surface area contributed by atoms with Crippen molar-refractivity contribution < 1.29 is 41.4 Å². The third kappa shape index (κ3) is 9.85. The maximum Gasteiger partial charge on any atom is 0.419 e. The molecule has 0 unspecified atom stereocenters. The minimum atomic E-state index is -4.62. The molecule has 16 heteroatoms. The van der Waals surface area contributed by atoms with Crippen LogP contribution in [0.25, 0.3) is 0 Å². The molecule has 46 heavy (non-hydrogen) atoms. The van der Waals surface area contributed by atoms with Gasteiger partial charge in [-0.2, -0.15) is 13.2 Å². The zero-order chi connectivity index (χ0) is 33.5. The molecule has 0 spiro atoms. The number of hydrogen-bond acceptors (Lipinski definition) is 9. The maximum absolute atomic E-state index is 13.7. The van der Waals surface area contributed by atoms with Crippen LogP contribution in [0.5, 0.6) is 5.75 Å². The van der Waals surface area contributed by atoms with Crippen LogP contribution in [-0.4, -0.2) is 96.3 Å². The van der Waals surface area contributed by atoms with Gasteiger partial charge in [-0.15, -0.1) is 0 Å². The quantitative estimate of drug-likeness (QED) is 0.220. The largest absolute Gasteiger partial charge is 0.496 e. The van der Waals surface area contributed by atoms with Crippen molar-refractivity contribution in [1.82, 2.24) is 15.1 Å². The molecule has 0 bridgehead atoms. The van der Waals surface area contributed by atoms with E-state index in [1.807, 2.05) is 4.90 Å². The van der Waals surface area contributed by atoms with Crippen LogP contribution in [0.2, 0.25) is 0 Å². The van der Waals surface area contributed by atoms with E-state index in [1.54, 1.807) is 4.90 Å². The van der Waals surface area contributed by atoms with Crippen molar-refractivity contribution in [2.75, 3.05) is 46.4 Å². The summed E-state index contributed by atoms with van der Waals surface area (Å²) >= 11 is 0.970. The maximum atomic E-state index is 13.7. The van der Waals surface area contributed by atoms with E-state index in [4.69, 9.17) is 4.74 Å². The number of aliphatic carboxylic acids is 1. The molecule has 0 aromatic heterocycles. The molecule has 250 valence electrons. The van der Waals surface area contributed by atoms with Gasteiger partial charge in [0.05, 0.1) is 31.3 Å². The number of thioether (sulfide) groups is 1. The fourth-order valence-electron chi connectivity index (χ4n) is 5.20. The average Bonchev–Trinajstić information content (AvgIpc) is 3.17. The van der Waals surface area contributed by atoms with Gasteiger partial charge in [0, 0.05) is 51.8 Å². The first-order valence-electron chi connectivity index (χ1n) is 14.6. The van der Waals surface area contributed by atoms with E-state index in [2.05, 4.69) is 26.9 Å². The van der Waals surface area contributed by atoms with Crippen LogP contribution >= 0.6 is 11.8 Å². The third-order valence-corrected chi connectivity index (χ3v) is 8.46. The number of nitrogens with zero attached hydrogens (tertiary/aromatic N) is 5. The predicted octanol–water partition coefficient (Wildman–Crippen LogP) is 4.83. The van der Waals surface area contributed by atoms with E-state index in [0.29, 0.717) is 48.7 Å². The number of carboxylic acids is 1. The van der Waals surface area contributed by atoms with E-state index >= 15 is 0 Å². The number of amidine groups is 2. The summed E-state index contributed by atoms with van der Waals surface area (Å²) < 4.78 is 72.7. The molecule has 1 amide bonds. The Balaban J connectivity index is 1.46. The molecule has 0 aliphatic carbocycles. The first-order chi connectivity index (χ1) is 21.7. The number of ether oxygens (including phenoxy) is 1. The lowest BCUT2D eigenvalue weighted by Crippen LogP contribution is -2.40. The summed E-state index contributed by atoms with van der Waals surface area (Å²) in [6.07, 6.45) is -0.662. The van der Waals surface area contributed by atoms with Gasteiger partial charge in [0.15, 0.2) is 5.17 Å². The number of aliphatic imine (C=N–C) groups is 3. The van der Waals surface area contributed by atoms with E-state index in [-0.39, 0.29) is 49.1 Å². The number of piperidine rings is 1. The molecule has 0 saturated carbocycles. The Kier molecular flexibility index (Phi) is 11.6. The molecule has 3 heterocycles. The third-order valence-electron chi connectivity index (χ3n) is 7.62. The average molecular weight is 671 g/mol. The molecule has 2 N–H and O–H groups in total. The van der Waals surface area contributed by atoms with Crippen molar-refractivity contribution in [1.29, 1.82) is 0 Å². The molecule has 4 rings (SSSR count). The van der Waals surface area contributed by atoms with Crippen molar-refractivity contribution in [2.45, 2.75) is 44.2 Å². The Morgan fingerprint density at radius 2 is 1.98 bits per heavy atom. The molecule has 1 aromatic carbocycles. The minimum Gasteiger partial charge on any atom is -0.496 e. The van der Waals surface area contributed by atoms with Crippen LogP contribution in [0.4, 0.5) is 22.0 Å². The summed E-state index contributed by atoms with van der Waals surface area (Å²) in [5, 5.41) is 12.0. The summed E-state index contributed by atoms with van der Waals surface area (Å²) in [6, 6.07) is 3.70.